The molecule has 0 bridgehead atoms. The highest BCUT2D eigenvalue weighted by Gasteiger charge is 2.29. The lowest BCUT2D eigenvalue weighted by Crippen LogP contribution is -2.54. The fourth-order valence-electron chi connectivity index (χ4n) is 6.15. The molecule has 2 fully saturated rings. The van der Waals surface area contributed by atoms with Crippen molar-refractivity contribution < 1.29 is 14.6 Å². The van der Waals surface area contributed by atoms with Crippen LogP contribution in [0.3, 0.4) is 0 Å². The number of fused-ring (bicyclic) bond motifs is 1. The van der Waals surface area contributed by atoms with Gasteiger partial charge in [0.05, 0.1) is 48.5 Å². The number of hydrogen-bond donors (Lipinski definition) is 4. The van der Waals surface area contributed by atoms with Gasteiger partial charge in [0, 0.05) is 49.3 Å². The summed E-state index contributed by atoms with van der Waals surface area (Å²) in [6.45, 7) is 9.81. The lowest BCUT2D eigenvalue weighted by atomic mass is 9.99. The average molecular weight is 557 g/mol. The van der Waals surface area contributed by atoms with E-state index in [1.54, 1.807) is 0 Å². The van der Waals surface area contributed by atoms with E-state index >= 15 is 0 Å². The Hall–Kier alpha value is -3.66. The number of amides is 1. The van der Waals surface area contributed by atoms with Gasteiger partial charge < -0.3 is 30.7 Å². The smallest absolute Gasteiger partial charge is 0.251 e. The summed E-state index contributed by atoms with van der Waals surface area (Å²) in [5.41, 5.74) is 6.62. The number of nitrogens with zero attached hydrogens (tertiary/aromatic N) is 3. The first-order chi connectivity index (χ1) is 19.8. The molecular formula is C32H40N6O3. The molecule has 4 N–H and O–H groups in total. The molecule has 1 amide bonds. The Labute approximate surface area is 242 Å². The zero-order chi connectivity index (χ0) is 28.5. The number of anilines is 1. The molecule has 0 spiro atoms. The molecular weight excluding hydrogens is 516 g/mol. The first-order valence-electron chi connectivity index (χ1n) is 14.6. The zero-order valence-corrected chi connectivity index (χ0v) is 24.0. The van der Waals surface area contributed by atoms with Crippen LogP contribution in [0.5, 0.6) is 0 Å². The van der Waals surface area contributed by atoms with Gasteiger partial charge in [0.2, 0.25) is 0 Å². The number of aliphatic hydroxyl groups is 1. The van der Waals surface area contributed by atoms with E-state index in [0.29, 0.717) is 18.7 Å². The zero-order valence-electron chi connectivity index (χ0n) is 24.0. The van der Waals surface area contributed by atoms with Gasteiger partial charge in [-0.15, -0.1) is 0 Å². The molecule has 41 heavy (non-hydrogen) atoms. The lowest BCUT2D eigenvalue weighted by Gasteiger charge is -2.40. The van der Waals surface area contributed by atoms with E-state index in [4.69, 9.17) is 9.73 Å². The lowest BCUT2D eigenvalue weighted by molar-refractivity contribution is -0.0775. The third-order valence-corrected chi connectivity index (χ3v) is 8.23. The highest BCUT2D eigenvalue weighted by atomic mass is 16.5. The van der Waals surface area contributed by atoms with Crippen molar-refractivity contribution in [3.05, 3.63) is 88.9 Å². The molecule has 5 atom stereocenters. The summed E-state index contributed by atoms with van der Waals surface area (Å²) >= 11 is 0. The summed E-state index contributed by atoms with van der Waals surface area (Å²) in [6, 6.07) is 5.64. The maximum absolute atomic E-state index is 13.1. The van der Waals surface area contributed by atoms with Crippen molar-refractivity contribution in [1.82, 2.24) is 20.9 Å². The van der Waals surface area contributed by atoms with Gasteiger partial charge in [-0.05, 0) is 74.8 Å². The Morgan fingerprint density at radius 2 is 2.02 bits per heavy atom. The second kappa shape index (κ2) is 11.7. The van der Waals surface area contributed by atoms with Crippen LogP contribution in [0.4, 0.5) is 5.69 Å². The van der Waals surface area contributed by atoms with Crippen LogP contribution in [0.15, 0.2) is 82.8 Å². The molecule has 6 rings (SSSR count). The molecule has 0 aromatic heterocycles. The van der Waals surface area contributed by atoms with Crippen molar-refractivity contribution in [2.45, 2.75) is 57.7 Å². The Morgan fingerprint density at radius 1 is 1.20 bits per heavy atom. The number of nitrogens with one attached hydrogen (secondary N) is 3. The fraction of sp³-hybridized carbons (Fsp3) is 0.438. The SMILES string of the molecule is Cc1ccc(C(=O)NCC2=CC3N=C(C4=CC=CC(N5CC(C)OC(C)C5)N4)C=CC3=CN2)cc1N1CCC(O)C1. The maximum Gasteiger partial charge on any atom is 0.251 e. The van der Waals surface area contributed by atoms with Crippen LogP contribution in [-0.2, 0) is 4.74 Å². The Kier molecular flexibility index (Phi) is 7.84. The van der Waals surface area contributed by atoms with Gasteiger partial charge in [-0.2, -0.15) is 0 Å². The number of aliphatic hydroxyl groups excluding tert-OH is 1. The van der Waals surface area contributed by atoms with Crippen LogP contribution in [0, 0.1) is 6.92 Å². The predicted octanol–water partition coefficient (Wildman–Crippen LogP) is 2.52. The number of aryl methyl sites for hydroxylation is 1. The van der Waals surface area contributed by atoms with E-state index in [1.807, 2.05) is 31.3 Å². The van der Waals surface area contributed by atoms with Crippen molar-refractivity contribution in [2.24, 2.45) is 4.99 Å². The van der Waals surface area contributed by atoms with E-state index in [9.17, 15) is 9.90 Å². The third kappa shape index (κ3) is 6.17. The summed E-state index contributed by atoms with van der Waals surface area (Å²) < 4.78 is 5.92. The number of carbonyl (C=O) groups is 1. The van der Waals surface area contributed by atoms with E-state index in [2.05, 4.69) is 76.1 Å². The van der Waals surface area contributed by atoms with Crippen LogP contribution in [0.2, 0.25) is 0 Å². The highest BCUT2D eigenvalue weighted by Crippen LogP contribution is 2.26. The minimum Gasteiger partial charge on any atom is -0.391 e. The number of aliphatic imine (C=N–C) groups is 1. The summed E-state index contributed by atoms with van der Waals surface area (Å²) in [5, 5.41) is 20.0. The molecule has 9 heteroatoms. The van der Waals surface area contributed by atoms with Crippen molar-refractivity contribution in [2.75, 3.05) is 37.6 Å². The summed E-state index contributed by atoms with van der Waals surface area (Å²) in [6.07, 6.45) is 15.5. The van der Waals surface area contributed by atoms with Crippen LogP contribution >= 0.6 is 0 Å². The van der Waals surface area contributed by atoms with Gasteiger partial charge in [-0.1, -0.05) is 18.2 Å². The van der Waals surface area contributed by atoms with E-state index in [-0.39, 0.29) is 36.4 Å². The highest BCUT2D eigenvalue weighted by molar-refractivity contribution is 6.09. The summed E-state index contributed by atoms with van der Waals surface area (Å²) in [7, 11) is 0. The summed E-state index contributed by atoms with van der Waals surface area (Å²) in [5.74, 6) is -0.127. The second-order valence-electron chi connectivity index (χ2n) is 11.6. The third-order valence-electron chi connectivity index (χ3n) is 8.23. The molecule has 5 unspecified atom stereocenters. The maximum atomic E-state index is 13.1. The Bertz CT molecular complexity index is 1370. The first-order valence-corrected chi connectivity index (χ1v) is 14.6. The van der Waals surface area contributed by atoms with E-state index in [0.717, 1.165) is 60.0 Å². The molecule has 2 saturated heterocycles. The Balaban J connectivity index is 1.09. The van der Waals surface area contributed by atoms with E-state index in [1.165, 1.54) is 0 Å². The number of allylic oxidation sites excluding steroid dienone is 3. The van der Waals surface area contributed by atoms with Crippen LogP contribution < -0.4 is 20.9 Å². The van der Waals surface area contributed by atoms with Gasteiger partial charge in [-0.25, -0.2) is 0 Å². The average Bonchev–Trinajstić information content (AvgIpc) is 3.41. The molecule has 5 aliphatic heterocycles. The number of rotatable bonds is 6. The second-order valence-corrected chi connectivity index (χ2v) is 11.6. The number of hydrogen-bond acceptors (Lipinski definition) is 8. The molecule has 1 aromatic rings. The molecule has 0 aliphatic carbocycles. The predicted molar refractivity (Wildman–Crippen MR) is 162 cm³/mol. The molecule has 0 radical (unpaired) electrons. The monoisotopic (exact) mass is 556 g/mol. The van der Waals surface area contributed by atoms with Crippen molar-refractivity contribution >= 4 is 17.3 Å². The largest absolute Gasteiger partial charge is 0.391 e. The topological polar surface area (TPSA) is 101 Å². The molecule has 9 nitrogen and oxygen atoms in total. The van der Waals surface area contributed by atoms with Crippen molar-refractivity contribution in [1.29, 1.82) is 0 Å². The number of β-amino-alcohol motifs (C(OH)–C–C–N with tert-alkyl or cyclic N) is 1. The summed E-state index contributed by atoms with van der Waals surface area (Å²) in [4.78, 5) is 22.7. The molecule has 216 valence electrons. The van der Waals surface area contributed by atoms with Gasteiger partial charge in [0.1, 0.15) is 0 Å². The number of morpholine rings is 1. The van der Waals surface area contributed by atoms with Crippen molar-refractivity contribution in [3.63, 3.8) is 0 Å². The van der Waals surface area contributed by atoms with Crippen molar-refractivity contribution in [3.8, 4) is 0 Å². The van der Waals surface area contributed by atoms with Gasteiger partial charge in [-0.3, -0.25) is 14.7 Å². The minimum atomic E-state index is -0.313. The number of benzene rings is 1. The fourth-order valence-corrected chi connectivity index (χ4v) is 6.15. The van der Waals surface area contributed by atoms with Gasteiger partial charge in [0.25, 0.3) is 5.91 Å². The van der Waals surface area contributed by atoms with Crippen LogP contribution in [-0.4, -0.2) is 84.9 Å². The van der Waals surface area contributed by atoms with Crippen LogP contribution in [0.25, 0.3) is 0 Å². The number of ether oxygens (including phenoxy) is 1. The van der Waals surface area contributed by atoms with E-state index < -0.39 is 0 Å². The molecule has 0 saturated carbocycles. The quantitative estimate of drug-likeness (QED) is 0.427. The van der Waals surface area contributed by atoms with Crippen LogP contribution in [0.1, 0.15) is 36.2 Å². The minimum absolute atomic E-state index is 0.101. The molecule has 1 aromatic carbocycles. The normalized spacial score (nSPS) is 29.5. The Morgan fingerprint density at radius 3 is 2.80 bits per heavy atom. The standard InChI is InChI=1S/C32H40N6O3/c1-20-7-8-23(13-30(20)37-12-11-26(39)19-37)32(40)34-16-25-14-29-24(15-33-25)9-10-28(35-29)27-5-4-6-31(36-27)38-17-21(2)41-22(3)18-38/h4-10,13-15,21-22,26,29,31,33,36,39H,11-12,16-19H2,1-3H3,(H,34,40). The first kappa shape index (κ1) is 27.5. The molecule has 5 heterocycles. The number of dihydropyridines is 3. The molecule has 5 aliphatic rings. The number of carbonyl (C=O) groups excluding carboxylic acids is 1. The van der Waals surface area contributed by atoms with Gasteiger partial charge in [0.15, 0.2) is 0 Å². The van der Waals surface area contributed by atoms with Gasteiger partial charge >= 0.3 is 0 Å².